The standard InChI is InChI=1S/C8H16N2O/c1-3-4-8(11)7-5-6(2)9-10-7/h6-7,9-10H,3-5H2,1-2H3. The van der Waals surface area contributed by atoms with Crippen LogP contribution in [0.2, 0.25) is 0 Å². The maximum Gasteiger partial charge on any atom is 0.151 e. The average molecular weight is 156 g/mol. The minimum Gasteiger partial charge on any atom is -0.298 e. The summed E-state index contributed by atoms with van der Waals surface area (Å²) in [6.45, 7) is 4.11. The topological polar surface area (TPSA) is 41.1 Å². The molecule has 0 aromatic rings. The molecule has 0 bridgehead atoms. The lowest BCUT2D eigenvalue weighted by molar-refractivity contribution is -0.120. The van der Waals surface area contributed by atoms with Crippen LogP contribution in [0.1, 0.15) is 33.1 Å². The molecular formula is C8H16N2O. The number of ketones is 1. The van der Waals surface area contributed by atoms with E-state index in [1.165, 1.54) is 0 Å². The molecule has 0 aliphatic carbocycles. The van der Waals surface area contributed by atoms with Crippen molar-refractivity contribution in [3.8, 4) is 0 Å². The van der Waals surface area contributed by atoms with Gasteiger partial charge < -0.3 is 0 Å². The van der Waals surface area contributed by atoms with Gasteiger partial charge in [-0.3, -0.25) is 10.2 Å². The van der Waals surface area contributed by atoms with Gasteiger partial charge in [-0.15, -0.1) is 0 Å². The van der Waals surface area contributed by atoms with Crippen molar-refractivity contribution in [3.63, 3.8) is 0 Å². The smallest absolute Gasteiger partial charge is 0.151 e. The van der Waals surface area contributed by atoms with Gasteiger partial charge in [0.1, 0.15) is 0 Å². The Morgan fingerprint density at radius 3 is 2.73 bits per heavy atom. The Bertz CT molecular complexity index is 147. The van der Waals surface area contributed by atoms with Crippen molar-refractivity contribution in [1.82, 2.24) is 10.9 Å². The van der Waals surface area contributed by atoms with Gasteiger partial charge in [-0.2, -0.15) is 0 Å². The number of hydrazine groups is 1. The third-order valence-electron chi connectivity index (χ3n) is 1.98. The number of Topliss-reactive ketones (excluding diaryl/α,β-unsaturated/α-hetero) is 1. The van der Waals surface area contributed by atoms with Crippen LogP contribution < -0.4 is 10.9 Å². The van der Waals surface area contributed by atoms with Crippen LogP contribution >= 0.6 is 0 Å². The van der Waals surface area contributed by atoms with Crippen molar-refractivity contribution in [2.45, 2.75) is 45.2 Å². The third kappa shape index (κ3) is 2.27. The Balaban J connectivity index is 2.31. The van der Waals surface area contributed by atoms with Crippen LogP contribution in [0, 0.1) is 0 Å². The summed E-state index contributed by atoms with van der Waals surface area (Å²) in [4.78, 5) is 11.3. The highest BCUT2D eigenvalue weighted by Crippen LogP contribution is 2.07. The Labute approximate surface area is 67.5 Å². The van der Waals surface area contributed by atoms with Gasteiger partial charge >= 0.3 is 0 Å². The van der Waals surface area contributed by atoms with E-state index >= 15 is 0 Å². The van der Waals surface area contributed by atoms with Crippen LogP contribution in [0.3, 0.4) is 0 Å². The van der Waals surface area contributed by atoms with Crippen LogP contribution in [0.5, 0.6) is 0 Å². The molecule has 0 aromatic heterocycles. The molecule has 11 heavy (non-hydrogen) atoms. The Kier molecular flexibility index (Phi) is 3.02. The lowest BCUT2D eigenvalue weighted by Gasteiger charge is -2.05. The molecule has 0 saturated carbocycles. The van der Waals surface area contributed by atoms with Gasteiger partial charge in [0, 0.05) is 12.5 Å². The Hall–Kier alpha value is -0.410. The molecule has 0 radical (unpaired) electrons. The van der Waals surface area contributed by atoms with Crippen molar-refractivity contribution in [2.24, 2.45) is 0 Å². The highest BCUT2D eigenvalue weighted by molar-refractivity contribution is 5.84. The average Bonchev–Trinajstić information content (AvgIpc) is 2.36. The van der Waals surface area contributed by atoms with Crippen LogP contribution in [0.15, 0.2) is 0 Å². The first kappa shape index (κ1) is 8.68. The van der Waals surface area contributed by atoms with Crippen molar-refractivity contribution in [2.75, 3.05) is 0 Å². The van der Waals surface area contributed by atoms with Gasteiger partial charge in [0.25, 0.3) is 0 Å². The second kappa shape index (κ2) is 3.83. The summed E-state index contributed by atoms with van der Waals surface area (Å²) in [6.07, 6.45) is 2.58. The molecule has 1 aliphatic heterocycles. The first-order chi connectivity index (χ1) is 5.24. The molecule has 0 amide bonds. The minimum atomic E-state index is 0.0601. The Morgan fingerprint density at radius 2 is 2.27 bits per heavy atom. The zero-order valence-corrected chi connectivity index (χ0v) is 7.18. The predicted octanol–water partition coefficient (Wildman–Crippen LogP) is 0.611. The molecule has 1 saturated heterocycles. The third-order valence-corrected chi connectivity index (χ3v) is 1.98. The van der Waals surface area contributed by atoms with E-state index in [9.17, 15) is 4.79 Å². The molecule has 0 spiro atoms. The van der Waals surface area contributed by atoms with Crippen molar-refractivity contribution >= 4 is 5.78 Å². The summed E-state index contributed by atoms with van der Waals surface area (Å²) >= 11 is 0. The van der Waals surface area contributed by atoms with Crippen molar-refractivity contribution in [1.29, 1.82) is 0 Å². The lowest BCUT2D eigenvalue weighted by Crippen LogP contribution is -2.36. The highest BCUT2D eigenvalue weighted by atomic mass is 16.1. The van der Waals surface area contributed by atoms with Crippen LogP contribution in [0.4, 0.5) is 0 Å². The number of carbonyl (C=O) groups is 1. The van der Waals surface area contributed by atoms with Crippen LogP contribution in [-0.4, -0.2) is 17.9 Å². The molecular weight excluding hydrogens is 140 g/mol. The van der Waals surface area contributed by atoms with Crippen LogP contribution in [-0.2, 0) is 4.79 Å². The summed E-state index contributed by atoms with van der Waals surface area (Å²) in [7, 11) is 0. The van der Waals surface area contributed by atoms with Gasteiger partial charge in [0.15, 0.2) is 5.78 Å². The molecule has 2 N–H and O–H groups in total. The first-order valence-electron chi connectivity index (χ1n) is 4.27. The van der Waals surface area contributed by atoms with Gasteiger partial charge in [-0.1, -0.05) is 6.92 Å². The summed E-state index contributed by atoms with van der Waals surface area (Å²) < 4.78 is 0. The van der Waals surface area contributed by atoms with E-state index in [2.05, 4.69) is 17.8 Å². The van der Waals surface area contributed by atoms with Gasteiger partial charge in [0.05, 0.1) is 6.04 Å². The van der Waals surface area contributed by atoms with E-state index < -0.39 is 0 Å². The van der Waals surface area contributed by atoms with E-state index in [1.54, 1.807) is 0 Å². The summed E-state index contributed by atoms with van der Waals surface area (Å²) in [5, 5.41) is 0. The number of rotatable bonds is 3. The van der Waals surface area contributed by atoms with Gasteiger partial charge in [-0.05, 0) is 19.8 Å². The number of carbonyl (C=O) groups excluding carboxylic acids is 1. The summed E-state index contributed by atoms with van der Waals surface area (Å²) in [5.74, 6) is 0.337. The van der Waals surface area contributed by atoms with E-state index in [-0.39, 0.29) is 6.04 Å². The van der Waals surface area contributed by atoms with Gasteiger partial charge in [0.2, 0.25) is 0 Å². The molecule has 3 nitrogen and oxygen atoms in total. The SMILES string of the molecule is CCCC(=O)C1CC(C)NN1. The second-order valence-electron chi connectivity index (χ2n) is 3.19. The molecule has 3 heteroatoms. The summed E-state index contributed by atoms with van der Waals surface area (Å²) in [5.41, 5.74) is 6.03. The molecule has 2 unspecified atom stereocenters. The molecule has 1 fully saturated rings. The fourth-order valence-corrected chi connectivity index (χ4v) is 1.35. The number of nitrogens with one attached hydrogen (secondary N) is 2. The van der Waals surface area contributed by atoms with Crippen molar-refractivity contribution in [3.05, 3.63) is 0 Å². The minimum absolute atomic E-state index is 0.0601. The molecule has 1 rings (SSSR count). The number of hydrogen-bond donors (Lipinski definition) is 2. The predicted molar refractivity (Wildman–Crippen MR) is 44.1 cm³/mol. The van der Waals surface area contributed by atoms with E-state index in [0.717, 1.165) is 12.8 Å². The molecule has 1 heterocycles. The second-order valence-corrected chi connectivity index (χ2v) is 3.19. The monoisotopic (exact) mass is 156 g/mol. The zero-order chi connectivity index (χ0) is 8.27. The fraction of sp³-hybridized carbons (Fsp3) is 0.875. The maximum atomic E-state index is 11.3. The van der Waals surface area contributed by atoms with Crippen molar-refractivity contribution < 1.29 is 4.79 Å². The van der Waals surface area contributed by atoms with Crippen LogP contribution in [0.25, 0.3) is 0 Å². The fourth-order valence-electron chi connectivity index (χ4n) is 1.35. The highest BCUT2D eigenvalue weighted by Gasteiger charge is 2.25. The lowest BCUT2D eigenvalue weighted by atomic mass is 10.0. The largest absolute Gasteiger partial charge is 0.298 e. The van der Waals surface area contributed by atoms with E-state index in [0.29, 0.717) is 18.2 Å². The molecule has 1 aliphatic rings. The normalized spacial score (nSPS) is 30.7. The van der Waals surface area contributed by atoms with E-state index in [1.807, 2.05) is 6.92 Å². The summed E-state index contributed by atoms with van der Waals surface area (Å²) in [6, 6.07) is 0.491. The quantitative estimate of drug-likeness (QED) is 0.629. The van der Waals surface area contributed by atoms with Gasteiger partial charge in [-0.25, -0.2) is 5.43 Å². The zero-order valence-electron chi connectivity index (χ0n) is 7.18. The molecule has 0 aromatic carbocycles. The molecule has 2 atom stereocenters. The van der Waals surface area contributed by atoms with E-state index in [4.69, 9.17) is 0 Å². The maximum absolute atomic E-state index is 11.3. The number of hydrogen-bond acceptors (Lipinski definition) is 3. The first-order valence-corrected chi connectivity index (χ1v) is 4.27. The Morgan fingerprint density at radius 1 is 1.55 bits per heavy atom. The molecule has 64 valence electrons.